The Bertz CT molecular complexity index is 5770. The summed E-state index contributed by atoms with van der Waals surface area (Å²) in [7, 11) is 0. The van der Waals surface area contributed by atoms with Gasteiger partial charge in [0.15, 0.2) is 0 Å². The maximum atomic E-state index is 13.7. The second-order valence-electron chi connectivity index (χ2n) is 31.7. The van der Waals surface area contributed by atoms with E-state index >= 15 is 0 Å². The van der Waals surface area contributed by atoms with Gasteiger partial charge in [0.05, 0.1) is 22.3 Å². The number of fused-ring (bicyclic) bond motifs is 16. The van der Waals surface area contributed by atoms with Gasteiger partial charge < -0.3 is 117 Å². The highest BCUT2D eigenvalue weighted by Crippen LogP contribution is 2.60. The predicted molar refractivity (Wildman–Crippen MR) is 437 cm³/mol. The van der Waals surface area contributed by atoms with Crippen molar-refractivity contribution >= 4 is 47.8 Å². The van der Waals surface area contributed by atoms with Gasteiger partial charge in [-0.05, 0) is 147 Å². The summed E-state index contributed by atoms with van der Waals surface area (Å²) in [6.07, 6.45) is -10.2. The number of aliphatic carboxylic acids is 4. The van der Waals surface area contributed by atoms with Crippen molar-refractivity contribution in [3.63, 3.8) is 0 Å². The average Bonchev–Trinajstić information content (AvgIpc) is 0.721. The number of carboxylic acids is 8. The Balaban J connectivity index is 0.954. The Morgan fingerprint density at radius 1 is 0.188 bits per heavy atom. The Morgan fingerprint density at radius 2 is 0.328 bits per heavy atom. The molecule has 0 fully saturated rings. The first-order valence-electron chi connectivity index (χ1n) is 40.2. The molecule has 0 aromatic heterocycles. The summed E-state index contributed by atoms with van der Waals surface area (Å²) in [5.74, 6) is -18.2. The third kappa shape index (κ3) is 15.1. The summed E-state index contributed by atoms with van der Waals surface area (Å²) in [5, 5.41) is 88.6. The van der Waals surface area contributed by atoms with Crippen LogP contribution in [0.5, 0.6) is 138 Å². The van der Waals surface area contributed by atoms with Gasteiger partial charge in [-0.3, -0.25) is 19.2 Å². The molecule has 0 spiro atoms. The summed E-state index contributed by atoms with van der Waals surface area (Å²) < 4.78 is 112. The summed E-state index contributed by atoms with van der Waals surface area (Å²) in [6, 6.07) is 45.3. The standard InChI is InChI=1S/C96H64O32/c97-85(98)5-1-65-69-33-71-66(2-6-86(99)100)73-35-75-68(4-8-88(103)104)76-36-74-67(3-7-87(101)102)72-34-70(65)78-38-80(72)124-94(122-78)46-18-58-30-60(20-46)116-52-12-43(91(109)110)14-54(27-52)118-62-22-48(96-126-82(74)40-84(76)128-96)24-64(32-62)120-56-16-44(92(111)112)15-55(28-56)119-63-23-47(95-125-81(73)39-83(75)127-95)21-61(31-63)117-53-13-42(90(107)108)11-51(26-53)115-59-19-45(93-121-77(69)37-79(71)123-93)17-57(29-59)113-49-9-41(89(105)106)10-50(25-49)114-58/h9-40,65-68,93-96H,1-8H2,(H,97,98)(H,99,100)(H,101,102)(H,103,104)(H,105,106)(H,107,108)(H,109,110)(H,111,112). The fourth-order valence-electron chi connectivity index (χ4n) is 17.7. The first-order valence-corrected chi connectivity index (χ1v) is 40.2. The first-order chi connectivity index (χ1) is 61.7. The zero-order valence-electron chi connectivity index (χ0n) is 66.1. The largest absolute Gasteiger partial charge is 0.481 e. The molecule has 40 bridgehead atoms. The molecular weight excluding hydrogens is 1670 g/mol. The van der Waals surface area contributed by atoms with E-state index in [4.69, 9.17) is 75.8 Å². The van der Waals surface area contributed by atoms with Gasteiger partial charge in [0.2, 0.25) is 0 Å². The van der Waals surface area contributed by atoms with E-state index in [0.29, 0.717) is 0 Å². The molecule has 0 atom stereocenters. The van der Waals surface area contributed by atoms with E-state index in [1.54, 1.807) is 48.5 Å². The summed E-state index contributed by atoms with van der Waals surface area (Å²) in [4.78, 5) is 109. The minimum absolute atomic E-state index is 0.0267. The molecule has 32 heteroatoms. The van der Waals surface area contributed by atoms with Crippen molar-refractivity contribution in [2.75, 3.05) is 0 Å². The van der Waals surface area contributed by atoms with Crippen LogP contribution in [0.25, 0.3) is 0 Å². The van der Waals surface area contributed by atoms with Gasteiger partial charge in [-0.15, -0.1) is 0 Å². The molecule has 12 aromatic rings. The normalized spacial score (nSPS) is 18.5. The molecule has 21 rings (SSSR count). The molecule has 8 aliphatic heterocycles. The third-order valence-corrected chi connectivity index (χ3v) is 23.1. The van der Waals surface area contributed by atoms with Crippen LogP contribution in [0.1, 0.15) is 208 Å². The van der Waals surface area contributed by atoms with Gasteiger partial charge >= 0.3 is 47.8 Å². The monoisotopic (exact) mass is 1730 g/mol. The smallest absolute Gasteiger partial charge is 0.335 e. The molecule has 0 unspecified atom stereocenters. The summed E-state index contributed by atoms with van der Waals surface area (Å²) in [6.45, 7) is 0. The Morgan fingerprint density at radius 3 is 0.461 bits per heavy atom. The quantitative estimate of drug-likeness (QED) is 0.0445. The van der Waals surface area contributed by atoms with Crippen molar-refractivity contribution in [1.82, 2.24) is 0 Å². The highest BCUT2D eigenvalue weighted by molar-refractivity contribution is 5.91. The highest BCUT2D eigenvalue weighted by Gasteiger charge is 2.44. The van der Waals surface area contributed by atoms with E-state index in [0.717, 1.165) is 0 Å². The molecule has 12 aromatic carbocycles. The SMILES string of the molecule is O=C(O)CCC1c2cc3c4cc2OC(O4)c2cc4cc(c2)Oc2cc(cc(C(=O)O)c2)Oc2cc5cc(c2)C2Oc6cc(c(cc6C3CCC(=O)O)C(CCC(=O)O)c3cc6c7cc3OC(O7)c3cc(cc(c3)Oc3cc(cc(C(=O)O)c3)O5)Oc3cc(cc(C(=O)O)c3)Oc3cc(cc(c3)C3Oc5cc(c(cc51)C6CCC(=O)O)O3)Oc1cc(cc(C(=O)O)c1)O4)O2. The van der Waals surface area contributed by atoms with E-state index in [2.05, 4.69) is 0 Å². The van der Waals surface area contributed by atoms with Crippen molar-refractivity contribution in [3.8, 4) is 138 Å². The van der Waals surface area contributed by atoms with Gasteiger partial charge in [-0.2, -0.15) is 0 Å². The van der Waals surface area contributed by atoms with E-state index in [9.17, 15) is 79.2 Å². The van der Waals surface area contributed by atoms with E-state index in [1.807, 2.05) is 0 Å². The number of carboxylic acid groups (broad SMARTS) is 8. The molecule has 640 valence electrons. The number of hydrogen-bond donors (Lipinski definition) is 8. The van der Waals surface area contributed by atoms with Gasteiger partial charge in [0.1, 0.15) is 138 Å². The van der Waals surface area contributed by atoms with Crippen LogP contribution in [0, 0.1) is 0 Å². The number of benzene rings is 12. The number of hydrogen-bond acceptors (Lipinski definition) is 24. The van der Waals surface area contributed by atoms with Gasteiger partial charge in [-0.25, -0.2) is 19.2 Å². The zero-order chi connectivity index (χ0) is 87.9. The summed E-state index contributed by atoms with van der Waals surface area (Å²) >= 11 is 0. The molecule has 32 nitrogen and oxygen atoms in total. The molecule has 0 saturated heterocycles. The Labute approximate surface area is 720 Å². The van der Waals surface area contributed by atoms with Crippen LogP contribution in [0.2, 0.25) is 0 Å². The van der Waals surface area contributed by atoms with Crippen LogP contribution >= 0.6 is 0 Å². The maximum Gasteiger partial charge on any atom is 0.335 e. The first kappa shape index (κ1) is 78.5. The lowest BCUT2D eigenvalue weighted by atomic mass is 9.76. The highest BCUT2D eigenvalue weighted by atomic mass is 16.7. The van der Waals surface area contributed by atoms with Crippen LogP contribution in [-0.2, 0) is 19.2 Å². The number of ether oxygens (including phenoxy) is 16. The zero-order valence-corrected chi connectivity index (χ0v) is 66.1. The second kappa shape index (κ2) is 30.6. The molecular formula is C96H64O32. The van der Waals surface area contributed by atoms with Gasteiger partial charge in [0.25, 0.3) is 25.2 Å². The lowest BCUT2D eigenvalue weighted by Crippen LogP contribution is -2.26. The van der Waals surface area contributed by atoms with Crippen molar-refractivity contribution in [2.45, 2.75) is 100 Å². The third-order valence-electron chi connectivity index (χ3n) is 23.1. The Hall–Kier alpha value is -16.8. The lowest BCUT2D eigenvalue weighted by molar-refractivity contribution is -0.138. The van der Waals surface area contributed by atoms with Crippen LogP contribution in [-0.4, -0.2) is 88.6 Å². The average molecular weight is 1730 g/mol. The van der Waals surface area contributed by atoms with Crippen LogP contribution in [0.4, 0.5) is 0 Å². The van der Waals surface area contributed by atoms with Crippen molar-refractivity contribution in [3.05, 3.63) is 283 Å². The Kier molecular flexibility index (Phi) is 18.8. The molecule has 1 aliphatic carbocycles. The van der Waals surface area contributed by atoms with Crippen LogP contribution in [0.15, 0.2) is 194 Å². The topological polar surface area (TPSA) is 446 Å². The number of carbonyl (C=O) groups is 8. The minimum atomic E-state index is -1.66. The molecule has 0 radical (unpaired) electrons. The lowest BCUT2D eigenvalue weighted by Gasteiger charge is -2.38. The molecule has 128 heavy (non-hydrogen) atoms. The molecule has 0 amide bonds. The van der Waals surface area contributed by atoms with Crippen molar-refractivity contribution < 1.29 is 155 Å². The molecule has 0 saturated carbocycles. The van der Waals surface area contributed by atoms with Crippen molar-refractivity contribution in [1.29, 1.82) is 0 Å². The van der Waals surface area contributed by atoms with E-state index < -0.39 is 122 Å². The molecule has 8 heterocycles. The maximum absolute atomic E-state index is 13.7. The molecule has 9 aliphatic rings. The van der Waals surface area contributed by atoms with E-state index in [1.165, 1.54) is 146 Å². The fraction of sp³-hybridized carbons (Fsp3) is 0.167. The second-order valence-corrected chi connectivity index (χ2v) is 31.7. The number of rotatable bonds is 16. The minimum Gasteiger partial charge on any atom is -0.481 e. The summed E-state index contributed by atoms with van der Waals surface area (Å²) in [5.41, 5.74) is 0.433. The fourth-order valence-corrected chi connectivity index (χ4v) is 17.7. The predicted octanol–water partition coefficient (Wildman–Crippen LogP) is 20.3. The van der Waals surface area contributed by atoms with Crippen LogP contribution < -0.4 is 75.8 Å². The molecule has 8 N–H and O–H groups in total. The van der Waals surface area contributed by atoms with Gasteiger partial charge in [-0.1, -0.05) is 0 Å². The number of aromatic carboxylic acids is 4. The van der Waals surface area contributed by atoms with Gasteiger partial charge in [0, 0.05) is 189 Å². The van der Waals surface area contributed by atoms with Crippen LogP contribution in [0.3, 0.4) is 0 Å². The van der Waals surface area contributed by atoms with E-state index in [-0.39, 0.29) is 253 Å². The van der Waals surface area contributed by atoms with Crippen molar-refractivity contribution in [2.24, 2.45) is 0 Å².